The van der Waals surface area contributed by atoms with Gasteiger partial charge in [0.05, 0.1) is 5.56 Å². The summed E-state index contributed by atoms with van der Waals surface area (Å²) in [7, 11) is 0. The minimum atomic E-state index is -0.463. The minimum absolute atomic E-state index is 0.0303. The number of hydrogen-bond acceptors (Lipinski definition) is 3. The Hall–Kier alpha value is -1.35. The summed E-state index contributed by atoms with van der Waals surface area (Å²) in [6, 6.07) is 7.32. The molecule has 0 aliphatic carbocycles. The smallest absolute Gasteiger partial charge is 0.338 e. The molecule has 0 saturated carbocycles. The number of carbonyl (C=O) groups is 1. The minimum Gasteiger partial charge on any atom is -0.456 e. The van der Waals surface area contributed by atoms with Crippen LogP contribution in [0, 0.1) is 0 Å². The fourth-order valence-corrected chi connectivity index (χ4v) is 1.44. The van der Waals surface area contributed by atoms with Crippen molar-refractivity contribution in [2.24, 2.45) is 5.73 Å². The SMILES string of the molecule is CC[C@@H](N)c1ccc(C(=O)OC(C)(C)C)cc1. The second-order valence-corrected chi connectivity index (χ2v) is 5.14. The number of esters is 1. The van der Waals surface area contributed by atoms with E-state index in [0.29, 0.717) is 5.56 Å². The van der Waals surface area contributed by atoms with Crippen molar-refractivity contribution >= 4 is 5.97 Å². The molecule has 0 saturated heterocycles. The maximum absolute atomic E-state index is 11.8. The summed E-state index contributed by atoms with van der Waals surface area (Å²) < 4.78 is 5.28. The number of nitrogens with two attached hydrogens (primary N) is 1. The molecule has 3 heteroatoms. The van der Waals surface area contributed by atoms with E-state index in [4.69, 9.17) is 10.5 Å². The summed E-state index contributed by atoms with van der Waals surface area (Å²) in [5.41, 5.74) is 7.05. The van der Waals surface area contributed by atoms with E-state index in [-0.39, 0.29) is 12.0 Å². The molecule has 0 spiro atoms. The van der Waals surface area contributed by atoms with E-state index in [1.807, 2.05) is 39.8 Å². The summed E-state index contributed by atoms with van der Waals surface area (Å²) in [4.78, 5) is 11.8. The van der Waals surface area contributed by atoms with Crippen molar-refractivity contribution in [2.75, 3.05) is 0 Å². The third kappa shape index (κ3) is 4.19. The Kier molecular flexibility index (Phi) is 4.29. The summed E-state index contributed by atoms with van der Waals surface area (Å²) in [6.07, 6.45) is 0.881. The van der Waals surface area contributed by atoms with E-state index in [0.717, 1.165) is 12.0 Å². The van der Waals surface area contributed by atoms with Gasteiger partial charge >= 0.3 is 5.97 Å². The van der Waals surface area contributed by atoms with Crippen LogP contribution < -0.4 is 5.73 Å². The molecule has 0 aromatic heterocycles. The summed E-state index contributed by atoms with van der Waals surface area (Å²) in [5, 5.41) is 0. The van der Waals surface area contributed by atoms with Gasteiger partial charge in [0.1, 0.15) is 5.60 Å². The van der Waals surface area contributed by atoms with E-state index in [9.17, 15) is 4.79 Å². The molecule has 0 aliphatic heterocycles. The van der Waals surface area contributed by atoms with Gasteiger partial charge in [0.2, 0.25) is 0 Å². The lowest BCUT2D eigenvalue weighted by Crippen LogP contribution is -2.23. The van der Waals surface area contributed by atoms with Crippen LogP contribution in [0.4, 0.5) is 0 Å². The first-order chi connectivity index (χ1) is 7.83. The predicted molar refractivity (Wildman–Crippen MR) is 68.8 cm³/mol. The molecular formula is C14H21NO2. The van der Waals surface area contributed by atoms with Crippen molar-refractivity contribution < 1.29 is 9.53 Å². The lowest BCUT2D eigenvalue weighted by molar-refractivity contribution is 0.00695. The summed E-state index contributed by atoms with van der Waals surface area (Å²) in [5.74, 6) is -0.297. The Morgan fingerprint density at radius 2 is 1.82 bits per heavy atom. The number of rotatable bonds is 3. The van der Waals surface area contributed by atoms with Gasteiger partial charge in [-0.25, -0.2) is 4.79 Å². The zero-order valence-corrected chi connectivity index (χ0v) is 11.0. The van der Waals surface area contributed by atoms with Crippen molar-refractivity contribution in [1.82, 2.24) is 0 Å². The third-order valence-corrected chi connectivity index (χ3v) is 2.41. The van der Waals surface area contributed by atoms with Gasteiger partial charge < -0.3 is 10.5 Å². The third-order valence-electron chi connectivity index (χ3n) is 2.41. The molecule has 1 atom stereocenters. The second-order valence-electron chi connectivity index (χ2n) is 5.14. The Labute approximate surface area is 103 Å². The predicted octanol–water partition coefficient (Wildman–Crippen LogP) is 3.05. The summed E-state index contributed by atoms with van der Waals surface area (Å²) >= 11 is 0. The largest absolute Gasteiger partial charge is 0.456 e. The molecule has 0 radical (unpaired) electrons. The molecule has 0 amide bonds. The zero-order chi connectivity index (χ0) is 13.1. The first-order valence-electron chi connectivity index (χ1n) is 5.92. The molecule has 1 aromatic carbocycles. The van der Waals surface area contributed by atoms with E-state index >= 15 is 0 Å². The van der Waals surface area contributed by atoms with E-state index in [1.165, 1.54) is 0 Å². The van der Waals surface area contributed by atoms with Crippen LogP contribution in [0.25, 0.3) is 0 Å². The molecule has 2 N–H and O–H groups in total. The van der Waals surface area contributed by atoms with Gasteiger partial charge in [-0.15, -0.1) is 0 Å². The highest BCUT2D eigenvalue weighted by atomic mass is 16.6. The molecule has 0 heterocycles. The van der Waals surface area contributed by atoms with Crippen LogP contribution in [0.15, 0.2) is 24.3 Å². The Balaban J connectivity index is 2.77. The van der Waals surface area contributed by atoms with Crippen LogP contribution >= 0.6 is 0 Å². The molecule has 1 rings (SSSR count). The second kappa shape index (κ2) is 5.32. The number of benzene rings is 1. The van der Waals surface area contributed by atoms with Crippen LogP contribution in [0.1, 0.15) is 56.1 Å². The molecule has 94 valence electrons. The highest BCUT2D eigenvalue weighted by Gasteiger charge is 2.17. The number of hydrogen-bond donors (Lipinski definition) is 1. The molecule has 0 bridgehead atoms. The van der Waals surface area contributed by atoms with Crippen LogP contribution in [0.3, 0.4) is 0 Å². The summed E-state index contributed by atoms with van der Waals surface area (Å²) in [6.45, 7) is 7.59. The van der Waals surface area contributed by atoms with Crippen molar-refractivity contribution in [2.45, 2.75) is 45.8 Å². The normalized spacial score (nSPS) is 13.2. The van der Waals surface area contributed by atoms with Crippen molar-refractivity contribution in [1.29, 1.82) is 0 Å². The maximum Gasteiger partial charge on any atom is 0.338 e. The standard InChI is InChI=1S/C14H21NO2/c1-5-12(15)10-6-8-11(9-7-10)13(16)17-14(2,3)4/h6-9,12H,5,15H2,1-4H3/t12-/m1/s1. The van der Waals surface area contributed by atoms with Gasteiger partial charge in [-0.05, 0) is 44.9 Å². The average molecular weight is 235 g/mol. The first kappa shape index (κ1) is 13.7. The van der Waals surface area contributed by atoms with Crippen LogP contribution in [0.5, 0.6) is 0 Å². The van der Waals surface area contributed by atoms with Gasteiger partial charge in [0, 0.05) is 6.04 Å². The van der Waals surface area contributed by atoms with E-state index < -0.39 is 5.60 Å². The first-order valence-corrected chi connectivity index (χ1v) is 5.92. The molecule has 0 unspecified atom stereocenters. The van der Waals surface area contributed by atoms with Crippen LogP contribution in [-0.2, 0) is 4.74 Å². The lowest BCUT2D eigenvalue weighted by atomic mass is 10.0. The van der Waals surface area contributed by atoms with Crippen LogP contribution in [-0.4, -0.2) is 11.6 Å². The zero-order valence-electron chi connectivity index (χ0n) is 11.0. The van der Waals surface area contributed by atoms with Crippen molar-refractivity contribution in [3.8, 4) is 0 Å². The van der Waals surface area contributed by atoms with Gasteiger partial charge in [-0.2, -0.15) is 0 Å². The number of carbonyl (C=O) groups excluding carboxylic acids is 1. The van der Waals surface area contributed by atoms with E-state index in [2.05, 4.69) is 0 Å². The number of ether oxygens (including phenoxy) is 1. The molecular weight excluding hydrogens is 214 g/mol. The molecule has 17 heavy (non-hydrogen) atoms. The Morgan fingerprint density at radius 3 is 2.24 bits per heavy atom. The molecule has 3 nitrogen and oxygen atoms in total. The lowest BCUT2D eigenvalue weighted by Gasteiger charge is -2.19. The average Bonchev–Trinajstić information content (AvgIpc) is 2.26. The fraction of sp³-hybridized carbons (Fsp3) is 0.500. The van der Waals surface area contributed by atoms with Gasteiger partial charge in [-0.3, -0.25) is 0 Å². The van der Waals surface area contributed by atoms with Crippen molar-refractivity contribution in [3.63, 3.8) is 0 Å². The van der Waals surface area contributed by atoms with Crippen molar-refractivity contribution in [3.05, 3.63) is 35.4 Å². The topological polar surface area (TPSA) is 52.3 Å². The molecule has 1 aromatic rings. The molecule has 0 aliphatic rings. The van der Waals surface area contributed by atoms with E-state index in [1.54, 1.807) is 12.1 Å². The highest BCUT2D eigenvalue weighted by Crippen LogP contribution is 2.16. The van der Waals surface area contributed by atoms with Gasteiger partial charge in [-0.1, -0.05) is 19.1 Å². The Bertz CT molecular complexity index is 376. The highest BCUT2D eigenvalue weighted by molar-refractivity contribution is 5.89. The quantitative estimate of drug-likeness (QED) is 0.819. The molecule has 0 fully saturated rings. The fourth-order valence-electron chi connectivity index (χ4n) is 1.44. The van der Waals surface area contributed by atoms with Gasteiger partial charge in [0.25, 0.3) is 0 Å². The van der Waals surface area contributed by atoms with Gasteiger partial charge in [0.15, 0.2) is 0 Å². The monoisotopic (exact) mass is 235 g/mol. The Morgan fingerprint density at radius 1 is 1.29 bits per heavy atom. The maximum atomic E-state index is 11.8. The van der Waals surface area contributed by atoms with Crippen LogP contribution in [0.2, 0.25) is 0 Å².